The first-order chi connectivity index (χ1) is 9.38. The van der Waals surface area contributed by atoms with E-state index in [4.69, 9.17) is 11.6 Å². The monoisotopic (exact) mass is 423 g/mol. The number of hydrogen-bond donors (Lipinski definition) is 1. The Morgan fingerprint density at radius 2 is 2.05 bits per heavy atom. The summed E-state index contributed by atoms with van der Waals surface area (Å²) < 4.78 is 13.9. The molecule has 0 saturated heterocycles. The van der Waals surface area contributed by atoms with Crippen LogP contribution in [0.15, 0.2) is 33.3 Å². The first kappa shape index (κ1) is 15.1. The van der Waals surface area contributed by atoms with E-state index in [9.17, 15) is 14.5 Å². The summed E-state index contributed by atoms with van der Waals surface area (Å²) in [5, 5.41) is 13.8. The third-order valence-corrected chi connectivity index (χ3v) is 3.64. The fourth-order valence-corrected chi connectivity index (χ4v) is 2.66. The molecule has 0 saturated carbocycles. The van der Waals surface area contributed by atoms with E-state index in [2.05, 4.69) is 42.2 Å². The molecule has 0 aliphatic carbocycles. The minimum Gasteiger partial charge on any atom is -0.332 e. The highest BCUT2D eigenvalue weighted by molar-refractivity contribution is 9.10. The molecule has 9 heteroatoms. The molecule has 0 aliphatic rings. The third kappa shape index (κ3) is 3.25. The van der Waals surface area contributed by atoms with Crippen LogP contribution in [-0.2, 0) is 0 Å². The van der Waals surface area contributed by atoms with Crippen molar-refractivity contribution in [3.63, 3.8) is 0 Å². The van der Waals surface area contributed by atoms with Gasteiger partial charge in [0.25, 0.3) is 0 Å². The summed E-state index contributed by atoms with van der Waals surface area (Å²) in [6, 6.07) is 3.60. The zero-order chi connectivity index (χ0) is 14.9. The molecule has 5 nitrogen and oxygen atoms in total. The molecule has 0 atom stereocenters. The summed E-state index contributed by atoms with van der Waals surface area (Å²) in [5.74, 6) is -0.516. The quantitative estimate of drug-likeness (QED) is 0.552. The Bertz CT molecular complexity index is 676. The van der Waals surface area contributed by atoms with Crippen molar-refractivity contribution in [1.82, 2.24) is 4.98 Å². The van der Waals surface area contributed by atoms with Crippen LogP contribution in [0.5, 0.6) is 0 Å². The van der Waals surface area contributed by atoms with Gasteiger partial charge in [-0.05, 0) is 44.0 Å². The number of aromatic nitrogens is 1. The molecule has 0 aliphatic heterocycles. The number of anilines is 2. The topological polar surface area (TPSA) is 68.1 Å². The SMILES string of the molecule is O=[N+]([O-])c1cc(Br)cnc1Nc1c(Cl)cc(F)cc1Br. The number of rotatable bonds is 3. The highest BCUT2D eigenvalue weighted by Crippen LogP contribution is 2.36. The van der Waals surface area contributed by atoms with Crippen LogP contribution in [0.1, 0.15) is 0 Å². The van der Waals surface area contributed by atoms with Crippen LogP contribution >= 0.6 is 43.5 Å². The normalized spacial score (nSPS) is 10.4. The molecule has 1 aromatic carbocycles. The van der Waals surface area contributed by atoms with Gasteiger partial charge >= 0.3 is 5.69 Å². The molecule has 0 amide bonds. The zero-order valence-corrected chi connectivity index (χ0v) is 13.5. The molecule has 0 unspecified atom stereocenters. The Balaban J connectivity index is 2.48. The highest BCUT2D eigenvalue weighted by atomic mass is 79.9. The summed E-state index contributed by atoms with van der Waals surface area (Å²) in [6.07, 6.45) is 1.40. The first-order valence-electron chi connectivity index (χ1n) is 5.10. The minimum atomic E-state index is -0.578. The van der Waals surface area contributed by atoms with Crippen molar-refractivity contribution in [2.75, 3.05) is 5.32 Å². The van der Waals surface area contributed by atoms with Gasteiger partial charge < -0.3 is 5.32 Å². The van der Waals surface area contributed by atoms with Crippen LogP contribution < -0.4 is 5.32 Å². The van der Waals surface area contributed by atoms with Crippen molar-refractivity contribution < 1.29 is 9.31 Å². The van der Waals surface area contributed by atoms with E-state index in [0.29, 0.717) is 14.6 Å². The van der Waals surface area contributed by atoms with Gasteiger partial charge in [-0.15, -0.1) is 0 Å². The number of nitro groups is 1. The average Bonchev–Trinajstić information content (AvgIpc) is 2.34. The van der Waals surface area contributed by atoms with Gasteiger partial charge in [0.05, 0.1) is 15.6 Å². The van der Waals surface area contributed by atoms with E-state index < -0.39 is 10.7 Å². The predicted octanol–water partition coefficient (Wildman–Crippen LogP) is 5.05. The standard InChI is InChI=1S/C11H5Br2ClFN3O2/c12-5-1-9(18(19)20)11(16-4-5)17-10-7(13)2-6(15)3-8(10)14/h1-4H,(H,16,17). The molecule has 0 bridgehead atoms. The lowest BCUT2D eigenvalue weighted by molar-refractivity contribution is -0.384. The molecule has 2 rings (SSSR count). The molecule has 104 valence electrons. The Labute approximate surface area is 134 Å². The first-order valence-corrected chi connectivity index (χ1v) is 7.06. The lowest BCUT2D eigenvalue weighted by atomic mass is 10.3. The van der Waals surface area contributed by atoms with E-state index in [1.807, 2.05) is 0 Å². The maximum atomic E-state index is 13.1. The second kappa shape index (κ2) is 6.02. The van der Waals surface area contributed by atoms with Crippen LogP contribution in [0, 0.1) is 15.9 Å². The minimum absolute atomic E-state index is 0.00686. The fraction of sp³-hybridized carbons (Fsp3) is 0. The number of hydrogen-bond acceptors (Lipinski definition) is 4. The molecule has 0 fully saturated rings. The van der Waals surface area contributed by atoms with Gasteiger partial charge in [-0.25, -0.2) is 9.37 Å². The molecular formula is C11H5Br2ClFN3O2. The molecule has 1 heterocycles. The maximum Gasteiger partial charge on any atom is 0.312 e. The summed E-state index contributed by atoms with van der Waals surface area (Å²) in [4.78, 5) is 14.3. The van der Waals surface area contributed by atoms with Crippen molar-refractivity contribution in [2.45, 2.75) is 0 Å². The van der Waals surface area contributed by atoms with Gasteiger partial charge in [0, 0.05) is 21.2 Å². The van der Waals surface area contributed by atoms with E-state index in [1.54, 1.807) is 0 Å². The Hall–Kier alpha value is -1.25. The van der Waals surface area contributed by atoms with Gasteiger partial charge in [0.15, 0.2) is 0 Å². The number of halogens is 4. The van der Waals surface area contributed by atoms with E-state index in [-0.39, 0.29) is 16.5 Å². The largest absolute Gasteiger partial charge is 0.332 e. The molecule has 0 spiro atoms. The zero-order valence-electron chi connectivity index (χ0n) is 9.53. The molecule has 0 radical (unpaired) electrons. The fourth-order valence-electron chi connectivity index (χ4n) is 1.44. The van der Waals surface area contributed by atoms with Crippen molar-refractivity contribution in [3.05, 3.63) is 54.3 Å². The van der Waals surface area contributed by atoms with Crippen LogP contribution in [0.25, 0.3) is 0 Å². The highest BCUT2D eigenvalue weighted by Gasteiger charge is 2.18. The van der Waals surface area contributed by atoms with Crippen LogP contribution in [0.4, 0.5) is 21.6 Å². The van der Waals surface area contributed by atoms with Crippen LogP contribution in [0.3, 0.4) is 0 Å². The lowest BCUT2D eigenvalue weighted by Crippen LogP contribution is -2.01. The molecule has 2 aromatic rings. The molecular weight excluding hydrogens is 420 g/mol. The number of nitrogens with zero attached hydrogens (tertiary/aromatic N) is 2. The van der Waals surface area contributed by atoms with Gasteiger partial charge in [-0.1, -0.05) is 11.6 Å². The smallest absolute Gasteiger partial charge is 0.312 e. The van der Waals surface area contributed by atoms with Crippen molar-refractivity contribution in [2.24, 2.45) is 0 Å². The van der Waals surface area contributed by atoms with E-state index in [0.717, 1.165) is 6.07 Å². The van der Waals surface area contributed by atoms with Crippen LogP contribution in [0.2, 0.25) is 5.02 Å². The second-order valence-electron chi connectivity index (χ2n) is 3.65. The Morgan fingerprint density at radius 1 is 1.35 bits per heavy atom. The average molecular weight is 425 g/mol. The maximum absolute atomic E-state index is 13.1. The Kier molecular flexibility index (Phi) is 4.56. The molecule has 1 aromatic heterocycles. The summed E-state index contributed by atoms with van der Waals surface area (Å²) in [7, 11) is 0. The van der Waals surface area contributed by atoms with Crippen LogP contribution in [-0.4, -0.2) is 9.91 Å². The summed E-state index contributed by atoms with van der Waals surface area (Å²) in [5.41, 5.74) is 0.0673. The van der Waals surface area contributed by atoms with Crippen molar-refractivity contribution >= 4 is 60.7 Å². The summed E-state index contributed by atoms with van der Waals surface area (Å²) >= 11 is 12.2. The number of benzene rings is 1. The third-order valence-electron chi connectivity index (χ3n) is 2.28. The molecule has 1 N–H and O–H groups in total. The van der Waals surface area contributed by atoms with E-state index in [1.165, 1.54) is 18.3 Å². The lowest BCUT2D eigenvalue weighted by Gasteiger charge is -2.10. The Morgan fingerprint density at radius 3 is 2.65 bits per heavy atom. The number of pyridine rings is 1. The predicted molar refractivity (Wildman–Crippen MR) is 81.0 cm³/mol. The van der Waals surface area contributed by atoms with E-state index >= 15 is 0 Å². The van der Waals surface area contributed by atoms with Gasteiger partial charge in [-0.2, -0.15) is 0 Å². The number of nitrogens with one attached hydrogen (secondary N) is 1. The molecule has 20 heavy (non-hydrogen) atoms. The van der Waals surface area contributed by atoms with Crippen molar-refractivity contribution in [3.8, 4) is 0 Å². The second-order valence-corrected chi connectivity index (χ2v) is 5.83. The van der Waals surface area contributed by atoms with Gasteiger partial charge in [0.1, 0.15) is 5.82 Å². The summed E-state index contributed by atoms with van der Waals surface area (Å²) in [6.45, 7) is 0. The van der Waals surface area contributed by atoms with Gasteiger partial charge in [-0.3, -0.25) is 10.1 Å². The van der Waals surface area contributed by atoms with Gasteiger partial charge in [0.2, 0.25) is 5.82 Å². The van der Waals surface area contributed by atoms with Crippen molar-refractivity contribution in [1.29, 1.82) is 0 Å².